The van der Waals surface area contributed by atoms with E-state index < -0.39 is 4.92 Å². The van der Waals surface area contributed by atoms with Crippen molar-refractivity contribution < 1.29 is 14.5 Å². The molecule has 0 saturated carbocycles. The first-order valence-corrected chi connectivity index (χ1v) is 6.96. The highest BCUT2D eigenvalue weighted by Gasteiger charge is 2.34. The Morgan fingerprint density at radius 2 is 2.29 bits per heavy atom. The molecule has 0 bridgehead atoms. The van der Waals surface area contributed by atoms with Crippen LogP contribution in [-0.2, 0) is 9.53 Å². The van der Waals surface area contributed by atoms with Crippen molar-refractivity contribution >= 4 is 28.9 Å². The predicted octanol–water partition coefficient (Wildman–Crippen LogP) is 1.81. The van der Waals surface area contributed by atoms with Crippen LogP contribution in [0.4, 0.5) is 11.4 Å². The van der Waals surface area contributed by atoms with Gasteiger partial charge in [0.05, 0.1) is 24.1 Å². The van der Waals surface area contributed by atoms with Gasteiger partial charge in [-0.1, -0.05) is 18.5 Å². The maximum Gasteiger partial charge on any atom is 0.294 e. The molecular formula is C13H16ClN3O4. The Morgan fingerprint density at radius 3 is 2.95 bits per heavy atom. The van der Waals surface area contributed by atoms with Crippen LogP contribution >= 0.6 is 11.6 Å². The topological polar surface area (TPSA) is 93.5 Å². The number of hydrogen-bond donors (Lipinski definition) is 2. The number of rotatable bonds is 5. The first-order chi connectivity index (χ1) is 10.0. The molecule has 1 aromatic carbocycles. The highest BCUT2D eigenvalue weighted by atomic mass is 35.5. The minimum Gasteiger partial charge on any atom is -0.379 e. The zero-order valence-corrected chi connectivity index (χ0v) is 12.2. The summed E-state index contributed by atoms with van der Waals surface area (Å²) in [6.45, 7) is 3.41. The molecule has 1 fully saturated rings. The van der Waals surface area contributed by atoms with E-state index in [-0.39, 0.29) is 34.3 Å². The van der Waals surface area contributed by atoms with Crippen LogP contribution in [0.2, 0.25) is 5.02 Å². The first-order valence-electron chi connectivity index (χ1n) is 6.59. The van der Waals surface area contributed by atoms with Gasteiger partial charge < -0.3 is 15.4 Å². The van der Waals surface area contributed by atoms with E-state index in [1.54, 1.807) is 0 Å². The molecule has 1 aromatic rings. The molecule has 0 aromatic heterocycles. The maximum atomic E-state index is 12.3. The predicted molar refractivity (Wildman–Crippen MR) is 78.5 cm³/mol. The molecule has 0 aliphatic carbocycles. The normalized spacial score (nSPS) is 21.2. The molecule has 1 heterocycles. The number of benzene rings is 1. The number of carbonyl (C=O) groups is 1. The number of nitrogens with one attached hydrogen (secondary N) is 2. The lowest BCUT2D eigenvalue weighted by atomic mass is 10.0. The molecule has 1 aliphatic rings. The van der Waals surface area contributed by atoms with E-state index >= 15 is 0 Å². The molecule has 2 unspecified atom stereocenters. The molecule has 0 spiro atoms. The molecule has 1 saturated heterocycles. The van der Waals surface area contributed by atoms with Crippen LogP contribution in [0.25, 0.3) is 0 Å². The molecule has 7 nitrogen and oxygen atoms in total. The van der Waals surface area contributed by atoms with Gasteiger partial charge in [0.1, 0.15) is 5.69 Å². The van der Waals surface area contributed by atoms with Gasteiger partial charge in [-0.3, -0.25) is 14.9 Å². The van der Waals surface area contributed by atoms with E-state index in [9.17, 15) is 14.9 Å². The number of hydrogen-bond acceptors (Lipinski definition) is 5. The van der Waals surface area contributed by atoms with Crippen LogP contribution in [0.1, 0.15) is 6.92 Å². The number of carbonyl (C=O) groups excluding carboxylic acids is 1. The summed E-state index contributed by atoms with van der Waals surface area (Å²) in [5.41, 5.74) is -0.0914. The Bertz CT molecular complexity index is 552. The van der Waals surface area contributed by atoms with E-state index in [2.05, 4.69) is 10.6 Å². The zero-order valence-electron chi connectivity index (χ0n) is 11.5. The molecule has 1 aliphatic heterocycles. The fourth-order valence-corrected chi connectivity index (χ4v) is 2.43. The van der Waals surface area contributed by atoms with Gasteiger partial charge in [0.25, 0.3) is 5.69 Å². The van der Waals surface area contributed by atoms with Crippen molar-refractivity contribution in [3.63, 3.8) is 0 Å². The van der Waals surface area contributed by atoms with E-state index in [0.29, 0.717) is 13.2 Å². The molecule has 2 N–H and O–H groups in total. The van der Waals surface area contributed by atoms with Crippen LogP contribution in [-0.4, -0.2) is 36.6 Å². The van der Waals surface area contributed by atoms with E-state index in [0.717, 1.165) is 6.54 Å². The number of likely N-dealkylation sites (N-methyl/N-ethyl adjacent to an activating group) is 1. The lowest BCUT2D eigenvalue weighted by Gasteiger charge is -2.17. The third kappa shape index (κ3) is 3.69. The SMILES string of the molecule is CCNC1COCC1C(=O)Nc1ccc(Cl)cc1[N+](=O)[O-]. The highest BCUT2D eigenvalue weighted by molar-refractivity contribution is 6.31. The summed E-state index contributed by atoms with van der Waals surface area (Å²) in [7, 11) is 0. The van der Waals surface area contributed by atoms with Gasteiger partial charge in [-0.2, -0.15) is 0 Å². The maximum absolute atomic E-state index is 12.3. The van der Waals surface area contributed by atoms with Crippen molar-refractivity contribution in [2.75, 3.05) is 25.1 Å². The van der Waals surface area contributed by atoms with E-state index in [4.69, 9.17) is 16.3 Å². The smallest absolute Gasteiger partial charge is 0.294 e. The van der Waals surface area contributed by atoms with Crippen LogP contribution in [0.3, 0.4) is 0 Å². The molecule has 8 heteroatoms. The summed E-state index contributed by atoms with van der Waals surface area (Å²) in [5.74, 6) is -0.677. The fourth-order valence-electron chi connectivity index (χ4n) is 2.26. The number of amides is 1. The van der Waals surface area contributed by atoms with Crippen LogP contribution in [0, 0.1) is 16.0 Å². The van der Waals surface area contributed by atoms with Crippen molar-refractivity contribution in [3.8, 4) is 0 Å². The number of halogens is 1. The van der Waals surface area contributed by atoms with Crippen molar-refractivity contribution in [2.24, 2.45) is 5.92 Å². The summed E-state index contributed by atoms with van der Waals surface area (Å²) < 4.78 is 5.30. The number of ether oxygens (including phenoxy) is 1. The average molecular weight is 314 g/mol. The quantitative estimate of drug-likeness (QED) is 0.638. The van der Waals surface area contributed by atoms with Crippen LogP contribution < -0.4 is 10.6 Å². The van der Waals surface area contributed by atoms with Gasteiger partial charge in [-0.05, 0) is 18.7 Å². The molecule has 114 valence electrons. The molecule has 21 heavy (non-hydrogen) atoms. The Hall–Kier alpha value is -1.70. The summed E-state index contributed by atoms with van der Waals surface area (Å²) in [4.78, 5) is 22.7. The van der Waals surface area contributed by atoms with Gasteiger partial charge in [0, 0.05) is 17.1 Å². The van der Waals surface area contributed by atoms with Gasteiger partial charge >= 0.3 is 0 Å². The summed E-state index contributed by atoms with van der Waals surface area (Å²) in [5, 5.41) is 17.0. The minimum absolute atomic E-state index is 0.0821. The number of nitro groups is 1. The van der Waals surface area contributed by atoms with Crippen molar-refractivity contribution in [1.82, 2.24) is 5.32 Å². The Labute approximate surface area is 126 Å². The zero-order chi connectivity index (χ0) is 15.4. The molecule has 2 rings (SSSR count). The van der Waals surface area contributed by atoms with Crippen molar-refractivity contribution in [1.29, 1.82) is 0 Å². The van der Waals surface area contributed by atoms with Gasteiger partial charge in [0.15, 0.2) is 0 Å². The summed E-state index contributed by atoms with van der Waals surface area (Å²) in [6.07, 6.45) is 0. The lowest BCUT2D eigenvalue weighted by molar-refractivity contribution is -0.383. The first kappa shape index (κ1) is 15.7. The van der Waals surface area contributed by atoms with E-state index in [1.165, 1.54) is 18.2 Å². The van der Waals surface area contributed by atoms with Crippen LogP contribution in [0.15, 0.2) is 18.2 Å². The molecule has 1 amide bonds. The van der Waals surface area contributed by atoms with Crippen molar-refractivity contribution in [2.45, 2.75) is 13.0 Å². The second kappa shape index (κ2) is 6.84. The Balaban J connectivity index is 2.14. The molecule has 0 radical (unpaired) electrons. The monoisotopic (exact) mass is 313 g/mol. The second-order valence-electron chi connectivity index (χ2n) is 4.72. The molecular weight excluding hydrogens is 298 g/mol. The fraction of sp³-hybridized carbons (Fsp3) is 0.462. The number of anilines is 1. The lowest BCUT2D eigenvalue weighted by Crippen LogP contribution is -2.41. The Kier molecular flexibility index (Phi) is 5.11. The standard InChI is InChI=1S/C13H16ClN3O4/c1-2-15-11-7-21-6-9(11)13(18)16-10-4-3-8(14)5-12(10)17(19)20/h3-5,9,11,15H,2,6-7H2,1H3,(H,16,18). The van der Waals surface area contributed by atoms with Crippen LogP contribution in [0.5, 0.6) is 0 Å². The third-order valence-electron chi connectivity index (χ3n) is 3.30. The Morgan fingerprint density at radius 1 is 1.52 bits per heavy atom. The number of nitro benzene ring substituents is 1. The largest absolute Gasteiger partial charge is 0.379 e. The average Bonchev–Trinajstić information content (AvgIpc) is 2.89. The van der Waals surface area contributed by atoms with Crippen molar-refractivity contribution in [3.05, 3.63) is 33.3 Å². The third-order valence-corrected chi connectivity index (χ3v) is 3.53. The minimum atomic E-state index is -0.575. The second-order valence-corrected chi connectivity index (χ2v) is 5.15. The summed E-state index contributed by atoms with van der Waals surface area (Å²) >= 11 is 5.74. The van der Waals surface area contributed by atoms with E-state index in [1.807, 2.05) is 6.92 Å². The van der Waals surface area contributed by atoms with Gasteiger partial charge in [-0.25, -0.2) is 0 Å². The van der Waals surface area contributed by atoms with Gasteiger partial charge in [-0.15, -0.1) is 0 Å². The highest BCUT2D eigenvalue weighted by Crippen LogP contribution is 2.28. The van der Waals surface area contributed by atoms with Gasteiger partial charge in [0.2, 0.25) is 5.91 Å². The summed E-state index contributed by atoms with van der Waals surface area (Å²) in [6, 6.07) is 4.05. The number of nitrogens with zero attached hydrogens (tertiary/aromatic N) is 1. The molecule has 2 atom stereocenters.